The predicted octanol–water partition coefficient (Wildman–Crippen LogP) is 13.0. The van der Waals surface area contributed by atoms with Gasteiger partial charge in [-0.05, 0) is 57.1 Å². The van der Waals surface area contributed by atoms with E-state index in [2.05, 4.69) is 188 Å². The minimum atomic E-state index is 0.326. The third-order valence-electron chi connectivity index (χ3n) is 8.85. The minimum absolute atomic E-state index is 0.326. The maximum atomic E-state index is 5.77. The molecule has 2 heteroatoms. The molecule has 5 rings (SSSR count). The molecule has 1 N–H and O–H groups in total. The molecular formula is C45H50N2. The highest BCUT2D eigenvalue weighted by atomic mass is 14.9. The van der Waals surface area contributed by atoms with Crippen LogP contribution in [0.1, 0.15) is 118 Å². The van der Waals surface area contributed by atoms with Gasteiger partial charge in [0.2, 0.25) is 0 Å². The summed E-state index contributed by atoms with van der Waals surface area (Å²) in [5, 5.41) is 4.10. The average molecular weight is 619 g/mol. The number of nitrogens with zero attached hydrogens (tertiary/aromatic N) is 1. The molecule has 0 aliphatic rings. The number of para-hydroxylation sites is 2. The number of aliphatic imine (C=N–C) groups is 1. The Morgan fingerprint density at radius 1 is 0.426 bits per heavy atom. The standard InChI is InChI=1S/C45H50N2/c1-30(2)37-26-18-27-38(31(3)4)44(37)46-42(35-22-14-10-15-23-35)41(34-20-12-9-13-21-34)43(36-24-16-11-17-25-36)47-45-39(32(5)6)28-19-29-40(45)33(7)8/h9-33,46H,1-8H3/b42-41+,47-43?. The van der Waals surface area contributed by atoms with E-state index in [0.29, 0.717) is 23.7 Å². The summed E-state index contributed by atoms with van der Waals surface area (Å²) >= 11 is 0. The van der Waals surface area contributed by atoms with Gasteiger partial charge in [0.25, 0.3) is 0 Å². The quantitative estimate of drug-likeness (QED) is 0.116. The van der Waals surface area contributed by atoms with Crippen molar-refractivity contribution in [2.24, 2.45) is 4.99 Å². The van der Waals surface area contributed by atoms with E-state index in [1.807, 2.05) is 0 Å². The number of benzene rings is 5. The average Bonchev–Trinajstić information content (AvgIpc) is 3.08. The first-order valence-corrected chi connectivity index (χ1v) is 17.2. The van der Waals surface area contributed by atoms with Crippen LogP contribution in [0.3, 0.4) is 0 Å². The lowest BCUT2D eigenvalue weighted by atomic mass is 9.88. The van der Waals surface area contributed by atoms with Gasteiger partial charge in [0.15, 0.2) is 0 Å². The molecule has 0 saturated heterocycles. The van der Waals surface area contributed by atoms with Crippen molar-refractivity contribution in [3.8, 4) is 0 Å². The van der Waals surface area contributed by atoms with Crippen molar-refractivity contribution in [2.45, 2.75) is 79.1 Å². The molecule has 0 unspecified atom stereocenters. The largest absolute Gasteiger partial charge is 0.354 e. The van der Waals surface area contributed by atoms with Crippen LogP contribution in [0.5, 0.6) is 0 Å². The van der Waals surface area contributed by atoms with E-state index < -0.39 is 0 Å². The lowest BCUT2D eigenvalue weighted by Gasteiger charge is -2.26. The van der Waals surface area contributed by atoms with Crippen LogP contribution in [0, 0.1) is 0 Å². The van der Waals surface area contributed by atoms with E-state index in [1.54, 1.807) is 0 Å². The molecule has 0 aliphatic carbocycles. The van der Waals surface area contributed by atoms with Crippen LogP contribution in [-0.2, 0) is 0 Å². The second kappa shape index (κ2) is 15.3. The Kier molecular flexibility index (Phi) is 10.9. The predicted molar refractivity (Wildman–Crippen MR) is 205 cm³/mol. The minimum Gasteiger partial charge on any atom is -0.354 e. The summed E-state index contributed by atoms with van der Waals surface area (Å²) in [5.41, 5.74) is 13.8. The number of hydrogen-bond acceptors (Lipinski definition) is 2. The maximum absolute atomic E-state index is 5.77. The highest BCUT2D eigenvalue weighted by Gasteiger charge is 2.24. The molecule has 0 amide bonds. The van der Waals surface area contributed by atoms with Gasteiger partial charge in [0, 0.05) is 16.8 Å². The summed E-state index contributed by atoms with van der Waals surface area (Å²) < 4.78 is 0. The van der Waals surface area contributed by atoms with Crippen LogP contribution in [0.25, 0.3) is 11.3 Å². The van der Waals surface area contributed by atoms with E-state index in [1.165, 1.54) is 27.9 Å². The van der Waals surface area contributed by atoms with Crippen molar-refractivity contribution >= 4 is 28.4 Å². The number of anilines is 1. The first-order valence-electron chi connectivity index (χ1n) is 17.2. The van der Waals surface area contributed by atoms with Crippen LogP contribution in [0.2, 0.25) is 0 Å². The van der Waals surface area contributed by atoms with Crippen LogP contribution in [-0.4, -0.2) is 5.71 Å². The fraction of sp³-hybridized carbons (Fsp3) is 0.267. The smallest absolute Gasteiger partial charge is 0.0808 e. The molecule has 0 atom stereocenters. The summed E-state index contributed by atoms with van der Waals surface area (Å²) in [6.07, 6.45) is 0. The molecule has 5 aromatic carbocycles. The van der Waals surface area contributed by atoms with Gasteiger partial charge in [0.05, 0.1) is 17.1 Å². The van der Waals surface area contributed by atoms with E-state index in [-0.39, 0.29) is 0 Å². The molecule has 5 aromatic rings. The van der Waals surface area contributed by atoms with Crippen molar-refractivity contribution in [1.29, 1.82) is 0 Å². The van der Waals surface area contributed by atoms with E-state index in [0.717, 1.165) is 39.4 Å². The fourth-order valence-electron chi connectivity index (χ4n) is 6.32. The Labute approximate surface area is 283 Å². The van der Waals surface area contributed by atoms with Gasteiger partial charge in [-0.3, -0.25) is 0 Å². The molecule has 240 valence electrons. The van der Waals surface area contributed by atoms with Gasteiger partial charge < -0.3 is 5.32 Å². The molecule has 2 nitrogen and oxygen atoms in total. The van der Waals surface area contributed by atoms with Crippen molar-refractivity contribution < 1.29 is 0 Å². The van der Waals surface area contributed by atoms with Crippen LogP contribution in [0.4, 0.5) is 11.4 Å². The van der Waals surface area contributed by atoms with Gasteiger partial charge in [-0.25, -0.2) is 4.99 Å². The zero-order chi connectivity index (χ0) is 33.5. The zero-order valence-electron chi connectivity index (χ0n) is 29.4. The van der Waals surface area contributed by atoms with Gasteiger partial charge in [-0.15, -0.1) is 0 Å². The Morgan fingerprint density at radius 3 is 1.23 bits per heavy atom. The van der Waals surface area contributed by atoms with Gasteiger partial charge in [0.1, 0.15) is 0 Å². The van der Waals surface area contributed by atoms with Gasteiger partial charge in [-0.2, -0.15) is 0 Å². The lowest BCUT2D eigenvalue weighted by molar-refractivity contribution is 0.835. The molecule has 0 aromatic heterocycles. The monoisotopic (exact) mass is 618 g/mol. The highest BCUT2D eigenvalue weighted by molar-refractivity contribution is 6.38. The number of nitrogens with one attached hydrogen (secondary N) is 1. The molecule has 0 saturated carbocycles. The third kappa shape index (κ3) is 7.66. The Bertz CT molecular complexity index is 1770. The van der Waals surface area contributed by atoms with E-state index in [4.69, 9.17) is 4.99 Å². The van der Waals surface area contributed by atoms with Gasteiger partial charge >= 0.3 is 0 Å². The maximum Gasteiger partial charge on any atom is 0.0808 e. The number of rotatable bonds is 11. The van der Waals surface area contributed by atoms with Crippen LogP contribution >= 0.6 is 0 Å². The molecule has 47 heavy (non-hydrogen) atoms. The topological polar surface area (TPSA) is 24.4 Å². The summed E-state index contributed by atoms with van der Waals surface area (Å²) in [6, 6.07) is 45.7. The molecule has 0 radical (unpaired) electrons. The van der Waals surface area contributed by atoms with Crippen molar-refractivity contribution in [2.75, 3.05) is 5.32 Å². The lowest BCUT2D eigenvalue weighted by Crippen LogP contribution is -2.14. The van der Waals surface area contributed by atoms with Crippen LogP contribution < -0.4 is 5.32 Å². The molecule has 0 aliphatic heterocycles. The summed E-state index contributed by atoms with van der Waals surface area (Å²) in [4.78, 5) is 5.77. The summed E-state index contributed by atoms with van der Waals surface area (Å²) in [6.45, 7) is 18.2. The Morgan fingerprint density at radius 2 is 0.809 bits per heavy atom. The fourth-order valence-corrected chi connectivity index (χ4v) is 6.32. The first-order chi connectivity index (χ1) is 22.7. The van der Waals surface area contributed by atoms with Gasteiger partial charge in [-0.1, -0.05) is 183 Å². The summed E-state index contributed by atoms with van der Waals surface area (Å²) in [5.74, 6) is 1.35. The van der Waals surface area contributed by atoms with E-state index in [9.17, 15) is 0 Å². The van der Waals surface area contributed by atoms with Crippen molar-refractivity contribution in [3.63, 3.8) is 0 Å². The number of hydrogen-bond donors (Lipinski definition) is 1. The Balaban J connectivity index is 1.97. The second-order valence-electron chi connectivity index (χ2n) is 13.6. The highest BCUT2D eigenvalue weighted by Crippen LogP contribution is 2.40. The second-order valence-corrected chi connectivity index (χ2v) is 13.6. The van der Waals surface area contributed by atoms with Crippen LogP contribution in [0.15, 0.2) is 132 Å². The SMILES string of the molecule is CC(C)c1cccc(C(C)C)c1N=C(/C(=C(/Nc1c(C(C)C)cccc1C(C)C)c1ccccc1)c1ccccc1)c1ccccc1. The van der Waals surface area contributed by atoms with Crippen molar-refractivity contribution in [3.05, 3.63) is 166 Å². The normalized spacial score (nSPS) is 12.6. The zero-order valence-corrected chi connectivity index (χ0v) is 29.4. The summed E-state index contributed by atoms with van der Waals surface area (Å²) in [7, 11) is 0. The Hall–Kier alpha value is -4.69. The third-order valence-corrected chi connectivity index (χ3v) is 8.85. The molecule has 0 heterocycles. The molecular weight excluding hydrogens is 569 g/mol. The molecule has 0 spiro atoms. The first kappa shape index (κ1) is 33.7. The molecule has 0 bridgehead atoms. The van der Waals surface area contributed by atoms with Crippen molar-refractivity contribution in [1.82, 2.24) is 0 Å². The van der Waals surface area contributed by atoms with E-state index >= 15 is 0 Å². The number of allylic oxidation sites excluding steroid dienone is 1. The molecule has 0 fully saturated rings.